The van der Waals surface area contributed by atoms with Crippen LogP contribution in [0.25, 0.3) is 0 Å². The van der Waals surface area contributed by atoms with Gasteiger partial charge in [0.2, 0.25) is 5.91 Å². The fourth-order valence-electron chi connectivity index (χ4n) is 4.10. The normalized spacial score (nSPS) is 17.6. The van der Waals surface area contributed by atoms with E-state index < -0.39 is 35.4 Å². The number of thiophene rings is 1. The molecule has 0 unspecified atom stereocenters. The maximum atomic E-state index is 13.1. The van der Waals surface area contributed by atoms with Crippen LogP contribution in [0.3, 0.4) is 0 Å². The number of hydrogen-bond acceptors (Lipinski definition) is 7. The minimum Gasteiger partial charge on any atom is -0.455 e. The zero-order valence-corrected chi connectivity index (χ0v) is 19.7. The third kappa shape index (κ3) is 5.38. The number of carbonyl (C=O) groups excluding carboxylic acids is 3. The topological polar surface area (TPSA) is 119 Å². The lowest BCUT2D eigenvalue weighted by molar-refractivity contribution is -0.383. The summed E-state index contributed by atoms with van der Waals surface area (Å²) in [5, 5.41) is 15.4. The second-order valence-corrected chi connectivity index (χ2v) is 9.11. The van der Waals surface area contributed by atoms with Gasteiger partial charge in [0.15, 0.2) is 6.61 Å². The van der Waals surface area contributed by atoms with E-state index in [1.165, 1.54) is 29.5 Å². The van der Waals surface area contributed by atoms with E-state index in [1.807, 2.05) is 48.7 Å². The van der Waals surface area contributed by atoms with Crippen molar-refractivity contribution in [3.05, 3.63) is 86.6 Å². The van der Waals surface area contributed by atoms with E-state index in [2.05, 4.69) is 5.32 Å². The van der Waals surface area contributed by atoms with Gasteiger partial charge in [0.25, 0.3) is 11.6 Å². The molecule has 4 rings (SSSR count). The summed E-state index contributed by atoms with van der Waals surface area (Å²) in [4.78, 5) is 51.5. The molecule has 1 fully saturated rings. The van der Waals surface area contributed by atoms with Crippen LogP contribution in [-0.2, 0) is 19.1 Å². The maximum absolute atomic E-state index is 13.1. The Balaban J connectivity index is 1.51. The van der Waals surface area contributed by atoms with Crippen LogP contribution in [0, 0.1) is 23.0 Å². The van der Waals surface area contributed by atoms with Crippen LogP contribution < -0.4 is 10.2 Å². The summed E-state index contributed by atoms with van der Waals surface area (Å²) in [6.45, 7) is 1.35. The molecular formula is C25H23N3O6S. The first kappa shape index (κ1) is 24.1. The third-order valence-corrected chi connectivity index (χ3v) is 6.71. The molecule has 0 bridgehead atoms. The smallest absolute Gasteiger partial charge is 0.311 e. The van der Waals surface area contributed by atoms with Gasteiger partial charge >= 0.3 is 5.97 Å². The highest BCUT2D eigenvalue weighted by molar-refractivity contribution is 7.10. The molecule has 2 amide bonds. The van der Waals surface area contributed by atoms with Crippen LogP contribution in [0.4, 0.5) is 17.1 Å². The number of nitro groups is 1. The second kappa shape index (κ2) is 10.5. The molecule has 1 aromatic heterocycles. The number of nitrogens with zero attached hydrogens (tertiary/aromatic N) is 2. The standard InChI is InChI=1S/C25H23N3O6S/c1-16-8-10-17(11-9-16)27-23(30)13-12-18(24(27)21-7-4-14-35-21)25(31)34-15-22(29)26-19-5-2-3-6-20(19)28(32)33/h2-11,14,18,24H,12-13,15H2,1H3,(H,26,29)/t18-,24+/m1/s1. The van der Waals surface area contributed by atoms with Gasteiger partial charge in [-0.25, -0.2) is 0 Å². The first-order chi connectivity index (χ1) is 16.8. The number of para-hydroxylation sites is 2. The van der Waals surface area contributed by atoms with Gasteiger partial charge in [0.1, 0.15) is 5.69 Å². The Morgan fingerprint density at radius 2 is 1.89 bits per heavy atom. The zero-order valence-electron chi connectivity index (χ0n) is 18.9. The van der Waals surface area contributed by atoms with E-state index in [4.69, 9.17) is 4.74 Å². The zero-order chi connectivity index (χ0) is 24.9. The Bertz CT molecular complexity index is 1240. The lowest BCUT2D eigenvalue weighted by Crippen LogP contribution is -2.46. The van der Waals surface area contributed by atoms with Crippen molar-refractivity contribution in [2.45, 2.75) is 25.8 Å². The molecule has 35 heavy (non-hydrogen) atoms. The number of nitro benzene ring substituents is 1. The van der Waals surface area contributed by atoms with Gasteiger partial charge in [-0.3, -0.25) is 24.5 Å². The van der Waals surface area contributed by atoms with Crippen molar-refractivity contribution >= 4 is 46.2 Å². The van der Waals surface area contributed by atoms with Crippen molar-refractivity contribution in [2.75, 3.05) is 16.8 Å². The molecule has 1 saturated heterocycles. The molecule has 10 heteroatoms. The van der Waals surface area contributed by atoms with E-state index >= 15 is 0 Å². The van der Waals surface area contributed by atoms with E-state index in [1.54, 1.807) is 11.0 Å². The van der Waals surface area contributed by atoms with Crippen LogP contribution in [0.1, 0.15) is 29.3 Å². The quantitative estimate of drug-likeness (QED) is 0.291. The highest BCUT2D eigenvalue weighted by Crippen LogP contribution is 2.42. The summed E-state index contributed by atoms with van der Waals surface area (Å²) in [5.74, 6) is -2.06. The summed E-state index contributed by atoms with van der Waals surface area (Å²) in [6.07, 6.45) is 0.451. The number of ether oxygens (including phenoxy) is 1. The molecule has 3 aromatic rings. The van der Waals surface area contributed by atoms with E-state index in [0.29, 0.717) is 5.69 Å². The Morgan fingerprint density at radius 1 is 1.14 bits per heavy atom. The molecule has 2 heterocycles. The number of carbonyl (C=O) groups is 3. The van der Waals surface area contributed by atoms with Crippen molar-refractivity contribution in [3.63, 3.8) is 0 Å². The second-order valence-electron chi connectivity index (χ2n) is 8.13. The van der Waals surface area contributed by atoms with E-state index in [9.17, 15) is 24.5 Å². The average molecular weight is 494 g/mol. The van der Waals surface area contributed by atoms with Crippen LogP contribution in [0.5, 0.6) is 0 Å². The SMILES string of the molecule is Cc1ccc(N2C(=O)CC[C@@H](C(=O)OCC(=O)Nc3ccccc3[N+](=O)[O-])[C@H]2c2cccs2)cc1. The molecule has 1 aliphatic rings. The van der Waals surface area contributed by atoms with Gasteiger partial charge in [0.05, 0.1) is 16.9 Å². The van der Waals surface area contributed by atoms with Gasteiger partial charge in [-0.05, 0) is 43.0 Å². The number of piperidine rings is 1. The Morgan fingerprint density at radius 3 is 2.57 bits per heavy atom. The molecule has 2 aromatic carbocycles. The first-order valence-corrected chi connectivity index (χ1v) is 11.8. The van der Waals surface area contributed by atoms with E-state index in [-0.39, 0.29) is 30.1 Å². The van der Waals surface area contributed by atoms with Crippen LogP contribution >= 0.6 is 11.3 Å². The van der Waals surface area contributed by atoms with Crippen LogP contribution in [0.2, 0.25) is 0 Å². The minimum absolute atomic E-state index is 0.0174. The van der Waals surface area contributed by atoms with Crippen molar-refractivity contribution in [1.29, 1.82) is 0 Å². The van der Waals surface area contributed by atoms with Gasteiger partial charge in [-0.1, -0.05) is 35.9 Å². The molecule has 0 radical (unpaired) electrons. The summed E-state index contributed by atoms with van der Waals surface area (Å²) in [5.41, 5.74) is 1.49. The van der Waals surface area contributed by atoms with Crippen molar-refractivity contribution in [2.24, 2.45) is 5.92 Å². The number of aryl methyl sites for hydroxylation is 1. The third-order valence-electron chi connectivity index (χ3n) is 5.77. The lowest BCUT2D eigenvalue weighted by atomic mass is 9.87. The monoisotopic (exact) mass is 493 g/mol. The molecule has 9 nitrogen and oxygen atoms in total. The number of hydrogen-bond donors (Lipinski definition) is 1. The number of amides is 2. The maximum Gasteiger partial charge on any atom is 0.311 e. The van der Waals surface area contributed by atoms with E-state index in [0.717, 1.165) is 10.4 Å². The van der Waals surface area contributed by atoms with Crippen LogP contribution in [-0.4, -0.2) is 29.3 Å². The number of anilines is 2. The number of benzene rings is 2. The molecule has 2 atom stereocenters. The highest BCUT2D eigenvalue weighted by Gasteiger charge is 2.43. The molecule has 1 aliphatic heterocycles. The first-order valence-electron chi connectivity index (χ1n) is 11.0. The molecule has 0 saturated carbocycles. The Kier molecular flexibility index (Phi) is 7.21. The predicted molar refractivity (Wildman–Crippen MR) is 131 cm³/mol. The number of esters is 1. The summed E-state index contributed by atoms with van der Waals surface area (Å²) in [6, 6.07) is 16.4. The predicted octanol–water partition coefficient (Wildman–Crippen LogP) is 4.63. The molecule has 180 valence electrons. The average Bonchev–Trinajstić information content (AvgIpc) is 3.38. The van der Waals surface area contributed by atoms with Crippen molar-refractivity contribution in [3.8, 4) is 0 Å². The van der Waals surface area contributed by atoms with Gasteiger partial charge in [-0.15, -0.1) is 11.3 Å². The van der Waals surface area contributed by atoms with Gasteiger partial charge in [-0.2, -0.15) is 0 Å². The lowest BCUT2D eigenvalue weighted by Gasteiger charge is -2.39. The Labute approximate surface area is 205 Å². The molecule has 0 spiro atoms. The highest BCUT2D eigenvalue weighted by atomic mass is 32.1. The summed E-state index contributed by atoms with van der Waals surface area (Å²) >= 11 is 1.44. The van der Waals surface area contributed by atoms with Crippen molar-refractivity contribution < 1.29 is 24.0 Å². The number of nitrogens with one attached hydrogen (secondary N) is 1. The molecular weight excluding hydrogens is 470 g/mol. The summed E-state index contributed by atoms with van der Waals surface area (Å²) < 4.78 is 5.33. The van der Waals surface area contributed by atoms with Crippen LogP contribution in [0.15, 0.2) is 66.0 Å². The Hall–Kier alpha value is -4.05. The number of rotatable bonds is 7. The molecule has 1 N–H and O–H groups in total. The minimum atomic E-state index is -0.692. The summed E-state index contributed by atoms with van der Waals surface area (Å²) in [7, 11) is 0. The molecule has 0 aliphatic carbocycles. The van der Waals surface area contributed by atoms with Crippen molar-refractivity contribution in [1.82, 2.24) is 0 Å². The van der Waals surface area contributed by atoms with Gasteiger partial charge in [0, 0.05) is 23.1 Å². The van der Waals surface area contributed by atoms with Gasteiger partial charge < -0.3 is 15.0 Å². The fourth-order valence-corrected chi connectivity index (χ4v) is 4.98. The fraction of sp³-hybridized carbons (Fsp3) is 0.240. The largest absolute Gasteiger partial charge is 0.455 e.